The summed E-state index contributed by atoms with van der Waals surface area (Å²) in [5, 5.41) is 8.85. The monoisotopic (exact) mass is 329 g/mol. The van der Waals surface area contributed by atoms with Crippen LogP contribution in [0.1, 0.15) is 53.4 Å². The van der Waals surface area contributed by atoms with Crippen LogP contribution in [0, 0.1) is 5.92 Å². The van der Waals surface area contributed by atoms with E-state index in [9.17, 15) is 9.59 Å². The lowest BCUT2D eigenvalue weighted by Crippen LogP contribution is -2.31. The summed E-state index contributed by atoms with van der Waals surface area (Å²) < 4.78 is 5.39. The predicted molar refractivity (Wildman–Crippen MR) is 93.3 cm³/mol. The Morgan fingerprint density at radius 3 is 2.00 bits per heavy atom. The van der Waals surface area contributed by atoms with Crippen LogP contribution in [0.25, 0.3) is 0 Å². The molecule has 0 fully saturated rings. The number of carbonyl (C=O) groups is 2. The molecule has 0 saturated carbocycles. The van der Waals surface area contributed by atoms with Gasteiger partial charge in [-0.15, -0.1) is 0 Å². The molecule has 0 heterocycles. The van der Waals surface area contributed by atoms with Gasteiger partial charge in [0.25, 0.3) is 0 Å². The van der Waals surface area contributed by atoms with Crippen LogP contribution < -0.4 is 16.0 Å². The quantitative estimate of drug-likeness (QED) is 0.421. The van der Waals surface area contributed by atoms with Gasteiger partial charge >= 0.3 is 0 Å². The fraction of sp³-hybridized carbons (Fsp3) is 0.882. The zero-order valence-electron chi connectivity index (χ0n) is 15.2. The van der Waals surface area contributed by atoms with Crippen molar-refractivity contribution in [3.8, 4) is 0 Å². The van der Waals surface area contributed by atoms with Crippen molar-refractivity contribution < 1.29 is 14.3 Å². The van der Waals surface area contributed by atoms with Gasteiger partial charge in [0.05, 0.1) is 13.2 Å². The molecular weight excluding hydrogens is 294 g/mol. The summed E-state index contributed by atoms with van der Waals surface area (Å²) in [6.07, 6.45) is 2.56. The number of nitrogens with one attached hydrogen (secondary N) is 3. The Balaban J connectivity index is 3.40. The van der Waals surface area contributed by atoms with Crippen LogP contribution in [0.3, 0.4) is 0 Å². The number of ether oxygens (including phenoxy) is 1. The summed E-state index contributed by atoms with van der Waals surface area (Å²) in [6, 6.07) is 0.454. The zero-order chi connectivity index (χ0) is 17.5. The third kappa shape index (κ3) is 17.1. The lowest BCUT2D eigenvalue weighted by atomic mass is 10.1. The Morgan fingerprint density at radius 2 is 1.43 bits per heavy atom. The highest BCUT2D eigenvalue weighted by atomic mass is 16.5. The average Bonchev–Trinajstić information content (AvgIpc) is 2.48. The molecule has 0 aromatic heterocycles. The second kappa shape index (κ2) is 14.5. The van der Waals surface area contributed by atoms with Gasteiger partial charge in [-0.05, 0) is 18.8 Å². The van der Waals surface area contributed by atoms with Crippen molar-refractivity contribution in [2.24, 2.45) is 5.92 Å². The molecule has 6 nitrogen and oxygen atoms in total. The number of hydrogen-bond acceptors (Lipinski definition) is 4. The zero-order valence-corrected chi connectivity index (χ0v) is 15.2. The molecule has 0 unspecified atom stereocenters. The third-order valence-corrected chi connectivity index (χ3v) is 3.23. The third-order valence-electron chi connectivity index (χ3n) is 3.23. The van der Waals surface area contributed by atoms with Crippen LogP contribution in [0.5, 0.6) is 0 Å². The fourth-order valence-electron chi connectivity index (χ4n) is 1.93. The molecule has 0 spiro atoms. The second-order valence-corrected chi connectivity index (χ2v) is 6.46. The minimum atomic E-state index is -0.105. The van der Waals surface area contributed by atoms with E-state index in [-0.39, 0.29) is 24.7 Å². The van der Waals surface area contributed by atoms with Crippen molar-refractivity contribution in [3.63, 3.8) is 0 Å². The van der Waals surface area contributed by atoms with E-state index in [2.05, 4.69) is 43.6 Å². The van der Waals surface area contributed by atoms with Crippen molar-refractivity contribution in [3.05, 3.63) is 0 Å². The van der Waals surface area contributed by atoms with Crippen LogP contribution in [0.15, 0.2) is 0 Å². The van der Waals surface area contributed by atoms with Crippen molar-refractivity contribution in [1.29, 1.82) is 0 Å². The van der Waals surface area contributed by atoms with Gasteiger partial charge in [0.1, 0.15) is 0 Å². The first-order chi connectivity index (χ1) is 10.9. The average molecular weight is 329 g/mol. The Bertz CT molecular complexity index is 320. The summed E-state index contributed by atoms with van der Waals surface area (Å²) in [7, 11) is 0. The SMILES string of the molecule is CC(C)CCCNC(=O)CCC(=O)NCCOCCNC(C)C. The van der Waals surface area contributed by atoms with E-state index in [4.69, 9.17) is 4.74 Å². The first kappa shape index (κ1) is 21.9. The summed E-state index contributed by atoms with van der Waals surface area (Å²) in [5.74, 6) is 0.493. The van der Waals surface area contributed by atoms with Crippen LogP contribution >= 0.6 is 0 Å². The first-order valence-electron chi connectivity index (χ1n) is 8.76. The normalized spacial score (nSPS) is 11.0. The van der Waals surface area contributed by atoms with Gasteiger partial charge in [-0.3, -0.25) is 9.59 Å². The van der Waals surface area contributed by atoms with Gasteiger partial charge in [0, 0.05) is 38.5 Å². The summed E-state index contributed by atoms with van der Waals surface area (Å²) in [4.78, 5) is 23.2. The Hall–Kier alpha value is -1.14. The molecule has 0 radical (unpaired) electrons. The lowest BCUT2D eigenvalue weighted by Gasteiger charge is -2.09. The van der Waals surface area contributed by atoms with Gasteiger partial charge in [0.2, 0.25) is 11.8 Å². The largest absolute Gasteiger partial charge is 0.378 e. The summed E-state index contributed by atoms with van der Waals surface area (Å²) >= 11 is 0. The molecule has 0 atom stereocenters. The highest BCUT2D eigenvalue weighted by molar-refractivity contribution is 5.83. The summed E-state index contributed by atoms with van der Waals surface area (Å²) in [5.41, 5.74) is 0. The molecule has 3 N–H and O–H groups in total. The second-order valence-electron chi connectivity index (χ2n) is 6.46. The standard InChI is InChI=1S/C17H35N3O3/c1-14(2)6-5-9-19-16(21)7-8-17(22)20-11-13-23-12-10-18-15(3)4/h14-15,18H,5-13H2,1-4H3,(H,19,21)(H,20,22). The maximum absolute atomic E-state index is 11.6. The minimum Gasteiger partial charge on any atom is -0.378 e. The van der Waals surface area contributed by atoms with Gasteiger partial charge in [-0.2, -0.15) is 0 Å². The van der Waals surface area contributed by atoms with E-state index in [1.807, 2.05) is 0 Å². The first-order valence-corrected chi connectivity index (χ1v) is 8.76. The molecule has 0 aliphatic carbocycles. The molecule has 23 heavy (non-hydrogen) atoms. The van der Waals surface area contributed by atoms with Crippen LogP contribution in [-0.4, -0.2) is 50.7 Å². The van der Waals surface area contributed by atoms with E-state index < -0.39 is 0 Å². The van der Waals surface area contributed by atoms with E-state index in [1.165, 1.54) is 0 Å². The maximum Gasteiger partial charge on any atom is 0.220 e. The van der Waals surface area contributed by atoms with Gasteiger partial charge in [0.15, 0.2) is 0 Å². The van der Waals surface area contributed by atoms with Gasteiger partial charge < -0.3 is 20.7 Å². The smallest absolute Gasteiger partial charge is 0.220 e. The van der Waals surface area contributed by atoms with Gasteiger partial charge in [-0.25, -0.2) is 0 Å². The lowest BCUT2D eigenvalue weighted by molar-refractivity contribution is -0.126. The van der Waals surface area contributed by atoms with Gasteiger partial charge in [-0.1, -0.05) is 27.7 Å². The highest BCUT2D eigenvalue weighted by Gasteiger charge is 2.06. The van der Waals surface area contributed by atoms with Crippen molar-refractivity contribution in [1.82, 2.24) is 16.0 Å². The molecule has 0 aliphatic rings. The van der Waals surface area contributed by atoms with E-state index in [0.29, 0.717) is 38.3 Å². The van der Waals surface area contributed by atoms with E-state index in [1.54, 1.807) is 0 Å². The molecule has 0 aromatic carbocycles. The Labute approximate surface area is 141 Å². The summed E-state index contributed by atoms with van der Waals surface area (Å²) in [6.45, 7) is 11.6. The van der Waals surface area contributed by atoms with Crippen molar-refractivity contribution >= 4 is 11.8 Å². The molecule has 136 valence electrons. The number of amides is 2. The number of carbonyl (C=O) groups excluding carboxylic acids is 2. The van der Waals surface area contributed by atoms with Crippen LogP contribution in [0.4, 0.5) is 0 Å². The number of rotatable bonds is 14. The minimum absolute atomic E-state index is 0.0556. The van der Waals surface area contributed by atoms with Crippen LogP contribution in [0.2, 0.25) is 0 Å². The molecular formula is C17H35N3O3. The highest BCUT2D eigenvalue weighted by Crippen LogP contribution is 2.01. The van der Waals surface area contributed by atoms with E-state index >= 15 is 0 Å². The van der Waals surface area contributed by atoms with Crippen LogP contribution in [-0.2, 0) is 14.3 Å². The Kier molecular flexibility index (Phi) is 13.7. The fourth-order valence-corrected chi connectivity index (χ4v) is 1.93. The molecule has 0 aliphatic heterocycles. The molecule has 6 heteroatoms. The van der Waals surface area contributed by atoms with E-state index in [0.717, 1.165) is 19.4 Å². The molecule has 0 rings (SSSR count). The molecule has 0 saturated heterocycles. The Morgan fingerprint density at radius 1 is 0.870 bits per heavy atom. The molecule has 0 bridgehead atoms. The molecule has 0 aromatic rings. The molecule has 2 amide bonds. The number of hydrogen-bond donors (Lipinski definition) is 3. The topological polar surface area (TPSA) is 79.5 Å². The van der Waals surface area contributed by atoms with Crippen molar-refractivity contribution in [2.45, 2.75) is 59.4 Å². The predicted octanol–water partition coefficient (Wildman–Crippen LogP) is 1.45. The maximum atomic E-state index is 11.6. The van der Waals surface area contributed by atoms with Crippen molar-refractivity contribution in [2.75, 3.05) is 32.8 Å².